The number of hydrogen-bond donors (Lipinski definition) is 1. The van der Waals surface area contributed by atoms with Crippen LogP contribution in [0.3, 0.4) is 0 Å². The summed E-state index contributed by atoms with van der Waals surface area (Å²) in [5, 5.41) is 9.29. The molecule has 0 bridgehead atoms. The molecule has 1 aliphatic carbocycles. The van der Waals surface area contributed by atoms with E-state index in [0.717, 1.165) is 13.0 Å². The zero-order chi connectivity index (χ0) is 13.4. The van der Waals surface area contributed by atoms with Gasteiger partial charge in [-0.3, -0.25) is 5.21 Å². The molecule has 0 spiro atoms. The summed E-state index contributed by atoms with van der Waals surface area (Å²) in [5.74, 6) is -1.09. The van der Waals surface area contributed by atoms with Crippen LogP contribution in [-0.4, -0.2) is 21.4 Å². The molecule has 1 rings (SSSR count). The molecular formula is C8H7BrF4INO2. The standard InChI is InChI=1S/C8H7BrF4INO2/c1-7(8(11,12)13)3-4(10)2-5(6(7)9)15(16)17-14/h2-3,6,16H,1H3. The van der Waals surface area contributed by atoms with Crippen molar-refractivity contribution < 1.29 is 25.9 Å². The number of halogens is 6. The van der Waals surface area contributed by atoms with Gasteiger partial charge in [-0.25, -0.2) is 4.39 Å². The number of alkyl halides is 4. The summed E-state index contributed by atoms with van der Waals surface area (Å²) in [6.07, 6.45) is -3.47. The fraction of sp³-hybridized carbons (Fsp3) is 0.500. The summed E-state index contributed by atoms with van der Waals surface area (Å²) < 4.78 is 56.1. The second kappa shape index (κ2) is 5.02. The first-order valence-corrected chi connectivity index (χ1v) is 6.01. The average molecular weight is 432 g/mol. The Morgan fingerprint density at radius 2 is 2.12 bits per heavy atom. The molecule has 0 aliphatic heterocycles. The molecule has 3 nitrogen and oxygen atoms in total. The Kier molecular flexibility index (Phi) is 4.48. The predicted octanol–water partition coefficient (Wildman–Crippen LogP) is 4.04. The second-order valence-electron chi connectivity index (χ2n) is 3.58. The lowest BCUT2D eigenvalue weighted by Crippen LogP contribution is -2.45. The number of nitrogens with zero attached hydrogens (tertiary/aromatic N) is 1. The minimum atomic E-state index is -4.68. The van der Waals surface area contributed by atoms with E-state index in [9.17, 15) is 22.8 Å². The first-order chi connectivity index (χ1) is 7.63. The molecule has 0 amide bonds. The summed E-state index contributed by atoms with van der Waals surface area (Å²) in [5.41, 5.74) is -2.85. The summed E-state index contributed by atoms with van der Waals surface area (Å²) in [6.45, 7) is 0.819. The van der Waals surface area contributed by atoms with E-state index in [1.54, 1.807) is 0 Å². The van der Waals surface area contributed by atoms with E-state index < -0.39 is 22.2 Å². The predicted molar refractivity (Wildman–Crippen MR) is 62.9 cm³/mol. The van der Waals surface area contributed by atoms with Crippen LogP contribution in [-0.2, 0) is 3.17 Å². The highest BCUT2D eigenvalue weighted by molar-refractivity contribution is 14.1. The smallest absolute Gasteiger partial charge is 0.263 e. The minimum Gasteiger partial charge on any atom is -0.263 e. The summed E-state index contributed by atoms with van der Waals surface area (Å²) in [6, 6.07) is 0. The Labute approximate surface area is 117 Å². The van der Waals surface area contributed by atoms with Gasteiger partial charge in [-0.1, -0.05) is 15.9 Å². The Morgan fingerprint density at radius 3 is 2.53 bits per heavy atom. The van der Waals surface area contributed by atoms with Gasteiger partial charge >= 0.3 is 6.18 Å². The molecule has 0 aromatic carbocycles. The Balaban J connectivity index is 3.22. The molecule has 9 heteroatoms. The molecule has 1 aliphatic rings. The highest BCUT2D eigenvalue weighted by atomic mass is 127. The second-order valence-corrected chi connectivity index (χ2v) is 4.89. The molecule has 98 valence electrons. The largest absolute Gasteiger partial charge is 0.399 e. The third kappa shape index (κ3) is 2.76. The molecule has 2 atom stereocenters. The molecule has 2 unspecified atom stereocenters. The molecule has 17 heavy (non-hydrogen) atoms. The first-order valence-electron chi connectivity index (χ1n) is 4.22. The van der Waals surface area contributed by atoms with Gasteiger partial charge in [0.25, 0.3) is 0 Å². The molecule has 0 heterocycles. The zero-order valence-electron chi connectivity index (χ0n) is 8.30. The van der Waals surface area contributed by atoms with Gasteiger partial charge < -0.3 is 0 Å². The maximum atomic E-state index is 13.2. The number of allylic oxidation sites excluding steroid dienone is 4. The van der Waals surface area contributed by atoms with Crippen LogP contribution in [0.4, 0.5) is 17.6 Å². The molecular weight excluding hydrogens is 425 g/mol. The fourth-order valence-corrected chi connectivity index (χ4v) is 2.27. The monoisotopic (exact) mass is 431 g/mol. The van der Waals surface area contributed by atoms with Gasteiger partial charge in [0.2, 0.25) is 0 Å². The van der Waals surface area contributed by atoms with Crippen molar-refractivity contribution in [2.24, 2.45) is 5.41 Å². The molecule has 0 aromatic rings. The quantitative estimate of drug-likeness (QED) is 0.310. The van der Waals surface area contributed by atoms with Gasteiger partial charge in [0.1, 0.15) is 34.2 Å². The van der Waals surface area contributed by atoms with Gasteiger partial charge in [0, 0.05) is 0 Å². The van der Waals surface area contributed by atoms with Gasteiger partial charge in [-0.15, -0.1) is 5.23 Å². The number of hydroxylamine groups is 2. The van der Waals surface area contributed by atoms with Crippen LogP contribution in [0.2, 0.25) is 0 Å². The first kappa shape index (κ1) is 15.2. The van der Waals surface area contributed by atoms with Crippen LogP contribution in [0.1, 0.15) is 6.92 Å². The SMILES string of the molecule is CC1(C(F)(F)F)C=C(F)C=C(N(O)OI)C1Br. The minimum absolute atomic E-state index is 0.0799. The van der Waals surface area contributed by atoms with Crippen LogP contribution in [0.5, 0.6) is 0 Å². The van der Waals surface area contributed by atoms with Gasteiger partial charge in [-0.2, -0.15) is 16.3 Å². The summed E-state index contributed by atoms with van der Waals surface area (Å²) in [4.78, 5) is -1.37. The van der Waals surface area contributed by atoms with Crippen molar-refractivity contribution in [3.63, 3.8) is 0 Å². The lowest BCUT2D eigenvalue weighted by molar-refractivity contribution is -0.241. The number of rotatable bonds is 2. The van der Waals surface area contributed by atoms with E-state index >= 15 is 0 Å². The lowest BCUT2D eigenvalue weighted by Gasteiger charge is -2.37. The van der Waals surface area contributed by atoms with Crippen LogP contribution in [0.15, 0.2) is 23.7 Å². The van der Waals surface area contributed by atoms with E-state index in [2.05, 4.69) is 19.1 Å². The van der Waals surface area contributed by atoms with E-state index in [1.807, 2.05) is 0 Å². The van der Waals surface area contributed by atoms with E-state index in [1.165, 1.54) is 23.0 Å². The number of hydrogen-bond acceptors (Lipinski definition) is 3. The van der Waals surface area contributed by atoms with Crippen LogP contribution >= 0.6 is 38.9 Å². The van der Waals surface area contributed by atoms with Crippen molar-refractivity contribution in [1.82, 2.24) is 5.23 Å². The molecule has 0 fully saturated rings. The van der Waals surface area contributed by atoms with Crippen LogP contribution in [0.25, 0.3) is 0 Å². The molecule has 0 saturated heterocycles. The third-order valence-corrected chi connectivity index (χ3v) is 4.20. The molecule has 0 saturated carbocycles. The Hall–Kier alpha value is 0.130. The average Bonchev–Trinajstić information content (AvgIpc) is 2.20. The van der Waals surface area contributed by atoms with Crippen LogP contribution < -0.4 is 0 Å². The highest BCUT2D eigenvalue weighted by Gasteiger charge is 2.57. The van der Waals surface area contributed by atoms with Gasteiger partial charge in [-0.05, 0) is 19.1 Å². The Morgan fingerprint density at radius 1 is 1.59 bits per heavy atom. The van der Waals surface area contributed by atoms with Crippen molar-refractivity contribution in [2.45, 2.75) is 17.9 Å². The van der Waals surface area contributed by atoms with Crippen molar-refractivity contribution in [3.05, 3.63) is 23.7 Å². The highest BCUT2D eigenvalue weighted by Crippen LogP contribution is 2.50. The van der Waals surface area contributed by atoms with Gasteiger partial charge in [0.05, 0.1) is 10.5 Å². The maximum Gasteiger partial charge on any atom is 0.399 e. The van der Waals surface area contributed by atoms with E-state index in [0.29, 0.717) is 6.08 Å². The summed E-state index contributed by atoms with van der Waals surface area (Å²) >= 11 is 4.05. The van der Waals surface area contributed by atoms with E-state index in [-0.39, 0.29) is 10.9 Å². The van der Waals surface area contributed by atoms with Crippen molar-refractivity contribution in [2.75, 3.05) is 0 Å². The molecule has 1 N–H and O–H groups in total. The maximum absolute atomic E-state index is 13.2. The normalized spacial score (nSPS) is 29.8. The fourth-order valence-electron chi connectivity index (χ4n) is 1.34. The Bertz CT molecular complexity index is 373. The lowest BCUT2D eigenvalue weighted by atomic mass is 9.81. The third-order valence-electron chi connectivity index (χ3n) is 2.41. The molecule has 0 aromatic heterocycles. The molecule has 0 radical (unpaired) electrons. The topological polar surface area (TPSA) is 32.7 Å². The van der Waals surface area contributed by atoms with Crippen LogP contribution in [0, 0.1) is 5.41 Å². The van der Waals surface area contributed by atoms with Crippen molar-refractivity contribution in [1.29, 1.82) is 0 Å². The van der Waals surface area contributed by atoms with Gasteiger partial charge in [0.15, 0.2) is 0 Å². The van der Waals surface area contributed by atoms with E-state index in [4.69, 9.17) is 0 Å². The van der Waals surface area contributed by atoms with Crippen molar-refractivity contribution >= 4 is 38.9 Å². The van der Waals surface area contributed by atoms with Crippen molar-refractivity contribution in [3.8, 4) is 0 Å². The summed E-state index contributed by atoms with van der Waals surface area (Å²) in [7, 11) is 0. The zero-order valence-corrected chi connectivity index (χ0v) is 12.0.